The molecule has 7 nitrogen and oxygen atoms in total. The van der Waals surface area contributed by atoms with Crippen LogP contribution < -0.4 is 5.56 Å². The second-order valence-corrected chi connectivity index (χ2v) is 5.43. The molecule has 7 heteroatoms. The highest BCUT2D eigenvalue weighted by Gasteiger charge is 2.24. The predicted molar refractivity (Wildman–Crippen MR) is 88.9 cm³/mol. The topological polar surface area (TPSA) is 116 Å². The van der Waals surface area contributed by atoms with Gasteiger partial charge in [-0.3, -0.25) is 14.4 Å². The van der Waals surface area contributed by atoms with Gasteiger partial charge in [0.15, 0.2) is 0 Å². The summed E-state index contributed by atoms with van der Waals surface area (Å²) < 4.78 is 1.10. The first-order chi connectivity index (χ1) is 11.2. The third-order valence-corrected chi connectivity index (χ3v) is 4.07. The van der Waals surface area contributed by atoms with E-state index < -0.39 is 11.5 Å². The van der Waals surface area contributed by atoms with Gasteiger partial charge in [-0.25, -0.2) is 4.79 Å². The number of aromatic hydroxyl groups is 1. The predicted octanol–water partition coefficient (Wildman–Crippen LogP) is 1.97. The molecule has 124 valence electrons. The van der Waals surface area contributed by atoms with Gasteiger partial charge < -0.3 is 10.2 Å². The van der Waals surface area contributed by atoms with Gasteiger partial charge in [-0.05, 0) is 44.9 Å². The fourth-order valence-electron chi connectivity index (χ4n) is 2.75. The second kappa shape index (κ2) is 6.16. The van der Waals surface area contributed by atoms with Crippen LogP contribution in [0.3, 0.4) is 0 Å². The maximum Gasteiger partial charge on any atom is 0.337 e. The molecular formula is C17H17N3O4. The van der Waals surface area contributed by atoms with Crippen molar-refractivity contribution in [3.63, 3.8) is 0 Å². The lowest BCUT2D eigenvalue weighted by molar-refractivity contribution is -0.132. The summed E-state index contributed by atoms with van der Waals surface area (Å²) in [7, 11) is 0. The van der Waals surface area contributed by atoms with Crippen LogP contribution in [0.1, 0.15) is 37.5 Å². The molecule has 0 saturated heterocycles. The summed E-state index contributed by atoms with van der Waals surface area (Å²) in [5.41, 5.74) is 1.34. The highest BCUT2D eigenvalue weighted by molar-refractivity contribution is 6.21. The molecule has 0 spiro atoms. The standard InChI is InChI=1S/C17H17N3O4/c1-5-20-15(21)11(8(2)12(7-18)16(20)22)6-13-9(3)14(17(23)24)10(4)19-13/h6,21H,5H2,1-4H3,(H,23,24). The van der Waals surface area contributed by atoms with Crippen LogP contribution in [0, 0.1) is 18.3 Å². The Kier molecular flexibility index (Phi) is 4.42. The minimum Gasteiger partial charge on any atom is -0.494 e. The lowest BCUT2D eigenvalue weighted by atomic mass is 10.0. The first-order valence-corrected chi connectivity index (χ1v) is 7.32. The smallest absolute Gasteiger partial charge is 0.337 e. The van der Waals surface area contributed by atoms with E-state index in [2.05, 4.69) is 4.99 Å². The van der Waals surface area contributed by atoms with Gasteiger partial charge in [-0.1, -0.05) is 0 Å². The van der Waals surface area contributed by atoms with E-state index in [1.165, 1.54) is 6.08 Å². The highest BCUT2D eigenvalue weighted by Crippen LogP contribution is 2.31. The van der Waals surface area contributed by atoms with Crippen LogP contribution in [0.2, 0.25) is 0 Å². The molecule has 1 aromatic heterocycles. The van der Waals surface area contributed by atoms with Gasteiger partial charge in [-0.2, -0.15) is 5.26 Å². The van der Waals surface area contributed by atoms with E-state index in [4.69, 9.17) is 0 Å². The zero-order valence-corrected chi connectivity index (χ0v) is 13.8. The van der Waals surface area contributed by atoms with Crippen molar-refractivity contribution in [2.24, 2.45) is 4.99 Å². The van der Waals surface area contributed by atoms with Gasteiger partial charge in [0.2, 0.25) is 5.88 Å². The number of carboxylic acid groups (broad SMARTS) is 1. The Balaban J connectivity index is 2.79. The fourth-order valence-corrected chi connectivity index (χ4v) is 2.75. The van der Waals surface area contributed by atoms with Crippen molar-refractivity contribution >= 4 is 17.8 Å². The Bertz CT molecular complexity index is 940. The minimum atomic E-state index is -1.07. The summed E-state index contributed by atoms with van der Waals surface area (Å²) in [5, 5.41) is 28.9. The SMILES string of the molecule is CCn1c(O)c(C=C2N=C(C)C(C(=O)O)=C2C)c(C)c(C#N)c1=O. The van der Waals surface area contributed by atoms with E-state index in [9.17, 15) is 25.1 Å². The summed E-state index contributed by atoms with van der Waals surface area (Å²) in [4.78, 5) is 27.7. The normalized spacial score (nSPS) is 15.6. The summed E-state index contributed by atoms with van der Waals surface area (Å²) >= 11 is 0. The number of hydrogen-bond acceptors (Lipinski definition) is 5. The van der Waals surface area contributed by atoms with Crippen LogP contribution in [0.15, 0.2) is 26.6 Å². The fraction of sp³-hybridized carbons (Fsp3) is 0.294. The van der Waals surface area contributed by atoms with E-state index in [1.54, 1.807) is 27.7 Å². The molecular weight excluding hydrogens is 310 g/mol. The Hall–Kier alpha value is -3.14. The number of carboxylic acids is 1. The van der Waals surface area contributed by atoms with Crippen LogP contribution in [0.25, 0.3) is 6.08 Å². The van der Waals surface area contributed by atoms with Crippen LogP contribution in [0.4, 0.5) is 0 Å². The maximum atomic E-state index is 12.2. The van der Waals surface area contributed by atoms with Gasteiger partial charge in [0.25, 0.3) is 5.56 Å². The number of aromatic nitrogens is 1. The molecule has 0 aromatic carbocycles. The van der Waals surface area contributed by atoms with Crippen molar-refractivity contribution in [2.75, 3.05) is 0 Å². The molecule has 0 atom stereocenters. The van der Waals surface area contributed by atoms with E-state index in [-0.39, 0.29) is 29.1 Å². The molecule has 0 bridgehead atoms. The minimum absolute atomic E-state index is 0.0553. The van der Waals surface area contributed by atoms with Crippen LogP contribution in [-0.2, 0) is 11.3 Å². The highest BCUT2D eigenvalue weighted by atomic mass is 16.4. The van der Waals surface area contributed by atoms with Gasteiger partial charge in [0.1, 0.15) is 11.6 Å². The molecule has 1 aromatic rings. The van der Waals surface area contributed by atoms with Crippen LogP contribution in [0.5, 0.6) is 5.88 Å². The number of nitrogens with zero attached hydrogens (tertiary/aromatic N) is 3. The van der Waals surface area contributed by atoms with Crippen LogP contribution in [-0.4, -0.2) is 26.5 Å². The quantitative estimate of drug-likeness (QED) is 0.880. The number of rotatable bonds is 3. The summed E-state index contributed by atoms with van der Waals surface area (Å²) in [6.45, 7) is 6.67. The molecule has 2 heterocycles. The summed E-state index contributed by atoms with van der Waals surface area (Å²) in [6, 6.07) is 1.86. The number of pyridine rings is 1. The zero-order chi connectivity index (χ0) is 18.2. The monoisotopic (exact) mass is 327 g/mol. The Labute approximate surface area is 138 Å². The van der Waals surface area contributed by atoms with Crippen molar-refractivity contribution in [1.29, 1.82) is 5.26 Å². The third-order valence-electron chi connectivity index (χ3n) is 4.07. The molecule has 0 aliphatic carbocycles. The van der Waals surface area contributed by atoms with Crippen molar-refractivity contribution < 1.29 is 15.0 Å². The number of aliphatic carboxylic acids is 1. The van der Waals surface area contributed by atoms with Crippen molar-refractivity contribution in [3.8, 4) is 11.9 Å². The molecule has 2 rings (SSSR count). The van der Waals surface area contributed by atoms with Crippen LogP contribution >= 0.6 is 0 Å². The average Bonchev–Trinajstić information content (AvgIpc) is 2.78. The average molecular weight is 327 g/mol. The molecule has 0 saturated carbocycles. The zero-order valence-electron chi connectivity index (χ0n) is 13.8. The maximum absolute atomic E-state index is 12.2. The molecule has 0 amide bonds. The van der Waals surface area contributed by atoms with Crippen molar-refractivity contribution in [1.82, 2.24) is 4.57 Å². The van der Waals surface area contributed by atoms with Crippen molar-refractivity contribution in [2.45, 2.75) is 34.2 Å². The second-order valence-electron chi connectivity index (χ2n) is 5.43. The lowest BCUT2D eigenvalue weighted by Gasteiger charge is -2.13. The third kappa shape index (κ3) is 2.52. The molecule has 0 unspecified atom stereocenters. The Morgan fingerprint density at radius 2 is 2.00 bits per heavy atom. The first kappa shape index (κ1) is 17.2. The van der Waals surface area contributed by atoms with Gasteiger partial charge in [-0.15, -0.1) is 0 Å². The molecule has 1 aliphatic heterocycles. The summed E-state index contributed by atoms with van der Waals surface area (Å²) in [6.07, 6.45) is 1.51. The number of allylic oxidation sites excluding steroid dienone is 1. The lowest BCUT2D eigenvalue weighted by Crippen LogP contribution is -2.24. The van der Waals surface area contributed by atoms with Crippen molar-refractivity contribution in [3.05, 3.63) is 43.9 Å². The molecule has 0 fully saturated rings. The molecule has 24 heavy (non-hydrogen) atoms. The molecule has 1 aliphatic rings. The largest absolute Gasteiger partial charge is 0.494 e. The molecule has 0 radical (unpaired) electrons. The van der Waals surface area contributed by atoms with Gasteiger partial charge >= 0.3 is 5.97 Å². The van der Waals surface area contributed by atoms with E-state index in [0.29, 0.717) is 22.5 Å². The van der Waals surface area contributed by atoms with E-state index in [1.807, 2.05) is 6.07 Å². The number of hydrogen-bond donors (Lipinski definition) is 2. The molecule has 2 N–H and O–H groups in total. The first-order valence-electron chi connectivity index (χ1n) is 7.32. The van der Waals surface area contributed by atoms with E-state index >= 15 is 0 Å². The number of nitriles is 1. The van der Waals surface area contributed by atoms with Gasteiger partial charge in [0.05, 0.1) is 17.0 Å². The number of aliphatic imine (C=N–C) groups is 1. The van der Waals surface area contributed by atoms with E-state index in [0.717, 1.165) is 4.57 Å². The summed E-state index contributed by atoms with van der Waals surface area (Å²) in [5.74, 6) is -1.34. The Morgan fingerprint density at radius 3 is 2.46 bits per heavy atom. The van der Waals surface area contributed by atoms with Gasteiger partial charge in [0, 0.05) is 12.1 Å². The Morgan fingerprint density at radius 1 is 1.38 bits per heavy atom. The number of carbonyl (C=O) groups is 1.